The van der Waals surface area contributed by atoms with Gasteiger partial charge in [-0.1, -0.05) is 39.3 Å². The molecular weight excluding hydrogens is 298 g/mol. The van der Waals surface area contributed by atoms with Crippen molar-refractivity contribution >= 4 is 16.8 Å². The molecule has 1 aromatic heterocycles. The summed E-state index contributed by atoms with van der Waals surface area (Å²) in [6.45, 7) is 8.86. The molecule has 1 fully saturated rings. The molecule has 0 spiro atoms. The Hall–Kier alpha value is -1.81. The summed E-state index contributed by atoms with van der Waals surface area (Å²) in [7, 11) is 0. The highest BCUT2D eigenvalue weighted by Gasteiger charge is 2.30. The number of benzene rings is 1. The number of hydrogen-bond acceptors (Lipinski definition) is 2. The quantitative estimate of drug-likeness (QED) is 0.882. The lowest BCUT2D eigenvalue weighted by atomic mass is 9.89. The maximum absolute atomic E-state index is 12.3. The van der Waals surface area contributed by atoms with Gasteiger partial charge in [-0.2, -0.15) is 0 Å². The SMILES string of the molecule is CC[C@@H]1CN(C(=O)C(C)C)CC[C@@H]1NCc1cccc2[nH]ccc12. The third kappa shape index (κ3) is 3.48. The minimum Gasteiger partial charge on any atom is -0.361 e. The van der Waals surface area contributed by atoms with Crippen LogP contribution in [0.25, 0.3) is 10.9 Å². The monoisotopic (exact) mass is 327 g/mol. The molecule has 4 nitrogen and oxygen atoms in total. The lowest BCUT2D eigenvalue weighted by Gasteiger charge is -2.39. The van der Waals surface area contributed by atoms with Crippen LogP contribution in [-0.2, 0) is 11.3 Å². The van der Waals surface area contributed by atoms with Gasteiger partial charge in [-0.05, 0) is 30.0 Å². The predicted octanol–water partition coefficient (Wildman–Crippen LogP) is 3.54. The minimum atomic E-state index is 0.0956. The second-order valence-electron chi connectivity index (χ2n) is 7.24. The van der Waals surface area contributed by atoms with Crippen LogP contribution < -0.4 is 5.32 Å². The van der Waals surface area contributed by atoms with Crippen molar-refractivity contribution in [3.05, 3.63) is 36.0 Å². The summed E-state index contributed by atoms with van der Waals surface area (Å²) in [6.07, 6.45) is 4.15. The number of carbonyl (C=O) groups excluding carboxylic acids is 1. The molecule has 0 saturated carbocycles. The molecule has 0 bridgehead atoms. The van der Waals surface area contributed by atoms with Crippen molar-refractivity contribution in [2.75, 3.05) is 13.1 Å². The summed E-state index contributed by atoms with van der Waals surface area (Å²) in [5.41, 5.74) is 2.53. The number of amides is 1. The van der Waals surface area contributed by atoms with E-state index in [0.717, 1.165) is 32.5 Å². The molecule has 1 saturated heterocycles. The minimum absolute atomic E-state index is 0.0956. The maximum atomic E-state index is 12.3. The summed E-state index contributed by atoms with van der Waals surface area (Å²) in [5.74, 6) is 0.925. The van der Waals surface area contributed by atoms with Gasteiger partial charge in [-0.3, -0.25) is 4.79 Å². The van der Waals surface area contributed by atoms with Crippen molar-refractivity contribution in [3.8, 4) is 0 Å². The van der Waals surface area contributed by atoms with Gasteiger partial charge in [-0.25, -0.2) is 0 Å². The molecule has 0 radical (unpaired) electrons. The second kappa shape index (κ2) is 7.39. The molecule has 0 unspecified atom stereocenters. The number of carbonyl (C=O) groups is 1. The average Bonchev–Trinajstić information content (AvgIpc) is 3.08. The van der Waals surface area contributed by atoms with Gasteiger partial charge in [0, 0.05) is 48.7 Å². The van der Waals surface area contributed by atoms with E-state index in [1.54, 1.807) is 0 Å². The van der Waals surface area contributed by atoms with Gasteiger partial charge in [0.2, 0.25) is 5.91 Å². The van der Waals surface area contributed by atoms with E-state index >= 15 is 0 Å². The average molecular weight is 327 g/mol. The van der Waals surface area contributed by atoms with Crippen molar-refractivity contribution in [2.24, 2.45) is 11.8 Å². The van der Waals surface area contributed by atoms with Crippen LogP contribution in [0.15, 0.2) is 30.5 Å². The first kappa shape index (κ1) is 17.0. The molecule has 130 valence electrons. The highest BCUT2D eigenvalue weighted by Crippen LogP contribution is 2.23. The molecule has 2 N–H and O–H groups in total. The molecular formula is C20H29N3O. The second-order valence-corrected chi connectivity index (χ2v) is 7.24. The lowest BCUT2D eigenvalue weighted by molar-refractivity contribution is -0.136. The van der Waals surface area contributed by atoms with Crippen molar-refractivity contribution in [1.29, 1.82) is 0 Å². The normalized spacial score (nSPS) is 21.6. The fourth-order valence-electron chi connectivity index (χ4n) is 3.83. The van der Waals surface area contributed by atoms with Gasteiger partial charge < -0.3 is 15.2 Å². The summed E-state index contributed by atoms with van der Waals surface area (Å²) >= 11 is 0. The van der Waals surface area contributed by atoms with Crippen molar-refractivity contribution in [1.82, 2.24) is 15.2 Å². The van der Waals surface area contributed by atoms with Crippen LogP contribution in [0.5, 0.6) is 0 Å². The standard InChI is InChI=1S/C20H29N3O/c1-4-15-13-23(20(24)14(2)3)11-9-18(15)22-12-16-6-5-7-19-17(16)8-10-21-19/h5-8,10,14-15,18,21-22H,4,9,11-13H2,1-3H3/t15-,18+/m1/s1. The summed E-state index contributed by atoms with van der Waals surface area (Å²) < 4.78 is 0. The number of rotatable bonds is 5. The number of fused-ring (bicyclic) bond motifs is 1. The molecule has 1 amide bonds. The van der Waals surface area contributed by atoms with Crippen LogP contribution in [0.1, 0.15) is 39.2 Å². The third-order valence-electron chi connectivity index (χ3n) is 5.30. The van der Waals surface area contributed by atoms with Crippen molar-refractivity contribution < 1.29 is 4.79 Å². The summed E-state index contributed by atoms with van der Waals surface area (Å²) in [5, 5.41) is 5.05. The summed E-state index contributed by atoms with van der Waals surface area (Å²) in [6, 6.07) is 9.05. The fraction of sp³-hybridized carbons (Fsp3) is 0.550. The molecule has 1 aromatic carbocycles. The zero-order valence-electron chi connectivity index (χ0n) is 15.0. The van der Waals surface area contributed by atoms with Gasteiger partial charge in [-0.15, -0.1) is 0 Å². The van der Waals surface area contributed by atoms with Gasteiger partial charge in [0.1, 0.15) is 0 Å². The van der Waals surface area contributed by atoms with Gasteiger partial charge in [0.15, 0.2) is 0 Å². The van der Waals surface area contributed by atoms with Crippen molar-refractivity contribution in [2.45, 2.75) is 46.2 Å². The van der Waals surface area contributed by atoms with Crippen LogP contribution in [0, 0.1) is 11.8 Å². The van der Waals surface area contributed by atoms with E-state index in [2.05, 4.69) is 46.4 Å². The van der Waals surface area contributed by atoms with Crippen LogP contribution >= 0.6 is 0 Å². The van der Waals surface area contributed by atoms with E-state index in [0.29, 0.717) is 17.9 Å². The number of H-pyrrole nitrogens is 1. The van der Waals surface area contributed by atoms with E-state index < -0.39 is 0 Å². The van der Waals surface area contributed by atoms with Gasteiger partial charge in [0.25, 0.3) is 0 Å². The van der Waals surface area contributed by atoms with E-state index in [-0.39, 0.29) is 5.92 Å². The first-order chi connectivity index (χ1) is 11.6. The zero-order valence-corrected chi connectivity index (χ0v) is 15.0. The van der Waals surface area contributed by atoms with E-state index in [4.69, 9.17) is 0 Å². The molecule has 2 atom stereocenters. The first-order valence-corrected chi connectivity index (χ1v) is 9.17. The molecule has 2 heterocycles. The third-order valence-corrected chi connectivity index (χ3v) is 5.30. The topological polar surface area (TPSA) is 48.1 Å². The lowest BCUT2D eigenvalue weighted by Crippen LogP contribution is -2.51. The fourth-order valence-corrected chi connectivity index (χ4v) is 3.83. The molecule has 3 rings (SSSR count). The molecule has 2 aromatic rings. The Morgan fingerprint density at radius 1 is 1.38 bits per heavy atom. The number of piperidine rings is 1. The number of hydrogen-bond donors (Lipinski definition) is 2. The number of aromatic nitrogens is 1. The Kier molecular flexibility index (Phi) is 5.24. The Morgan fingerprint density at radius 3 is 2.96 bits per heavy atom. The highest BCUT2D eigenvalue weighted by molar-refractivity contribution is 5.82. The predicted molar refractivity (Wildman–Crippen MR) is 98.7 cm³/mol. The molecule has 1 aliphatic heterocycles. The Labute approximate surface area is 144 Å². The number of nitrogens with zero attached hydrogens (tertiary/aromatic N) is 1. The van der Waals surface area contributed by atoms with Crippen LogP contribution in [-0.4, -0.2) is 34.9 Å². The largest absolute Gasteiger partial charge is 0.361 e. The molecule has 1 aliphatic rings. The van der Waals surface area contributed by atoms with E-state index in [1.165, 1.54) is 16.5 Å². The molecule has 24 heavy (non-hydrogen) atoms. The van der Waals surface area contributed by atoms with Crippen molar-refractivity contribution in [3.63, 3.8) is 0 Å². The smallest absolute Gasteiger partial charge is 0.225 e. The Balaban J connectivity index is 1.63. The Bertz CT molecular complexity index is 691. The molecule has 0 aliphatic carbocycles. The van der Waals surface area contributed by atoms with Crippen LogP contribution in [0.2, 0.25) is 0 Å². The van der Waals surface area contributed by atoms with Gasteiger partial charge in [0.05, 0.1) is 0 Å². The van der Waals surface area contributed by atoms with Crippen LogP contribution in [0.3, 0.4) is 0 Å². The number of aromatic amines is 1. The maximum Gasteiger partial charge on any atom is 0.225 e. The van der Waals surface area contributed by atoms with E-state index in [1.807, 2.05) is 20.0 Å². The van der Waals surface area contributed by atoms with Crippen LogP contribution in [0.4, 0.5) is 0 Å². The van der Waals surface area contributed by atoms with Gasteiger partial charge >= 0.3 is 0 Å². The Morgan fingerprint density at radius 2 is 2.21 bits per heavy atom. The zero-order chi connectivity index (χ0) is 17.1. The number of nitrogens with one attached hydrogen (secondary N) is 2. The number of likely N-dealkylation sites (tertiary alicyclic amines) is 1. The van der Waals surface area contributed by atoms with E-state index in [9.17, 15) is 4.79 Å². The molecule has 4 heteroatoms. The summed E-state index contributed by atoms with van der Waals surface area (Å²) in [4.78, 5) is 17.6. The first-order valence-electron chi connectivity index (χ1n) is 9.17. The highest BCUT2D eigenvalue weighted by atomic mass is 16.2.